The molecule has 0 amide bonds. The third-order valence-electron chi connectivity index (χ3n) is 4.30. The van der Waals surface area contributed by atoms with Gasteiger partial charge >= 0.3 is 0 Å². The maximum atomic E-state index is 5.66. The second-order valence-electron chi connectivity index (χ2n) is 6.24. The van der Waals surface area contributed by atoms with Crippen LogP contribution in [-0.4, -0.2) is 69.2 Å². The predicted octanol–water partition coefficient (Wildman–Crippen LogP) is 2.81. The molecule has 1 aliphatic heterocycles. The Bertz CT molecular complexity index is 568. The second kappa shape index (κ2) is 12.2. The lowest BCUT2D eigenvalue weighted by Crippen LogP contribution is -2.42. The average Bonchev–Trinajstić information content (AvgIpc) is 2.64. The monoisotopic (exact) mass is 476 g/mol. The lowest BCUT2D eigenvalue weighted by atomic mass is 10.2. The van der Waals surface area contributed by atoms with Gasteiger partial charge in [0, 0.05) is 33.7 Å². The van der Waals surface area contributed by atoms with Crippen LogP contribution in [-0.2, 0) is 6.54 Å². The van der Waals surface area contributed by atoms with Gasteiger partial charge in [-0.05, 0) is 37.2 Å². The Kier molecular flexibility index (Phi) is 10.7. The zero-order chi connectivity index (χ0) is 18.1. The van der Waals surface area contributed by atoms with Crippen molar-refractivity contribution in [3.8, 4) is 11.5 Å². The maximum Gasteiger partial charge on any atom is 0.193 e. The van der Waals surface area contributed by atoms with Crippen molar-refractivity contribution in [1.29, 1.82) is 0 Å². The highest BCUT2D eigenvalue weighted by Crippen LogP contribution is 2.30. The van der Waals surface area contributed by atoms with E-state index in [1.54, 1.807) is 0 Å². The summed E-state index contributed by atoms with van der Waals surface area (Å²) >= 11 is 0. The molecule has 0 aliphatic carbocycles. The maximum absolute atomic E-state index is 5.66. The highest BCUT2D eigenvalue weighted by Gasteiger charge is 2.13. The summed E-state index contributed by atoms with van der Waals surface area (Å²) < 4.78 is 11.2. The van der Waals surface area contributed by atoms with Gasteiger partial charge in [0.1, 0.15) is 13.2 Å². The Hall–Kier alpha value is -1.22. The van der Waals surface area contributed by atoms with Crippen LogP contribution < -0.4 is 14.8 Å². The molecule has 0 unspecified atom stereocenters. The van der Waals surface area contributed by atoms with Crippen LogP contribution in [0.1, 0.15) is 25.8 Å². The molecule has 7 heteroatoms. The third-order valence-corrected chi connectivity index (χ3v) is 4.30. The summed E-state index contributed by atoms with van der Waals surface area (Å²) in [6.45, 7) is 10.6. The minimum Gasteiger partial charge on any atom is -0.486 e. The Labute approximate surface area is 175 Å². The fourth-order valence-corrected chi connectivity index (χ4v) is 2.99. The van der Waals surface area contributed by atoms with Gasteiger partial charge in [0.2, 0.25) is 0 Å². The number of guanidine groups is 1. The molecule has 1 heterocycles. The molecule has 0 fully saturated rings. The van der Waals surface area contributed by atoms with Crippen LogP contribution >= 0.6 is 24.0 Å². The quantitative estimate of drug-likeness (QED) is 0.355. The van der Waals surface area contributed by atoms with E-state index in [1.807, 2.05) is 13.1 Å². The molecule has 0 bridgehead atoms. The first-order chi connectivity index (χ1) is 12.2. The van der Waals surface area contributed by atoms with E-state index in [9.17, 15) is 0 Å². The van der Waals surface area contributed by atoms with Gasteiger partial charge in [-0.25, -0.2) is 0 Å². The summed E-state index contributed by atoms with van der Waals surface area (Å²) in [7, 11) is 3.88. The van der Waals surface area contributed by atoms with Crippen molar-refractivity contribution in [2.75, 3.05) is 53.5 Å². The molecule has 0 atom stereocenters. The van der Waals surface area contributed by atoms with Crippen LogP contribution in [0.2, 0.25) is 0 Å². The first kappa shape index (κ1) is 22.8. The van der Waals surface area contributed by atoms with Gasteiger partial charge in [0.25, 0.3) is 0 Å². The molecule has 6 nitrogen and oxygen atoms in total. The van der Waals surface area contributed by atoms with E-state index in [4.69, 9.17) is 9.47 Å². The molecule has 2 rings (SSSR count). The van der Waals surface area contributed by atoms with Crippen LogP contribution in [0, 0.1) is 0 Å². The highest BCUT2D eigenvalue weighted by molar-refractivity contribution is 14.0. The number of fused-ring (bicyclic) bond motifs is 1. The van der Waals surface area contributed by atoms with Gasteiger partial charge < -0.3 is 24.6 Å². The number of hydrogen-bond acceptors (Lipinski definition) is 4. The molecule has 1 N–H and O–H groups in total. The zero-order valence-electron chi connectivity index (χ0n) is 16.5. The largest absolute Gasteiger partial charge is 0.486 e. The average molecular weight is 476 g/mol. The molecule has 1 aromatic rings. The van der Waals surface area contributed by atoms with E-state index in [0.717, 1.165) is 50.2 Å². The van der Waals surface area contributed by atoms with Crippen LogP contribution in [0.15, 0.2) is 23.2 Å². The third kappa shape index (κ3) is 6.83. The van der Waals surface area contributed by atoms with Crippen molar-refractivity contribution in [2.24, 2.45) is 4.99 Å². The van der Waals surface area contributed by atoms with Crippen molar-refractivity contribution in [3.05, 3.63) is 23.8 Å². The Balaban J connectivity index is 0.00000338. The summed E-state index contributed by atoms with van der Waals surface area (Å²) in [5.41, 5.74) is 1.18. The number of ether oxygens (including phenoxy) is 2. The first-order valence-electron chi connectivity index (χ1n) is 9.20. The van der Waals surface area contributed by atoms with Crippen LogP contribution in [0.3, 0.4) is 0 Å². The molecule has 26 heavy (non-hydrogen) atoms. The van der Waals surface area contributed by atoms with Crippen molar-refractivity contribution in [1.82, 2.24) is 15.1 Å². The van der Waals surface area contributed by atoms with Crippen LogP contribution in [0.25, 0.3) is 0 Å². The van der Waals surface area contributed by atoms with Gasteiger partial charge in [-0.15, -0.1) is 24.0 Å². The van der Waals surface area contributed by atoms with Gasteiger partial charge in [-0.2, -0.15) is 0 Å². The molecule has 1 aliphatic rings. The topological polar surface area (TPSA) is 49.3 Å². The summed E-state index contributed by atoms with van der Waals surface area (Å²) in [5.74, 6) is 2.57. The fraction of sp³-hybridized carbons (Fsp3) is 0.632. The number of halogens is 1. The molecule has 0 radical (unpaired) electrons. The van der Waals surface area contributed by atoms with Crippen molar-refractivity contribution >= 4 is 29.9 Å². The molecule has 1 aromatic carbocycles. The van der Waals surface area contributed by atoms with Gasteiger partial charge in [-0.3, -0.25) is 4.99 Å². The molecular formula is C19H33IN4O2. The number of nitrogens with one attached hydrogen (secondary N) is 1. The van der Waals surface area contributed by atoms with Gasteiger partial charge in [0.15, 0.2) is 17.5 Å². The van der Waals surface area contributed by atoms with E-state index >= 15 is 0 Å². The SMILES string of the molecule is CCCN(CC)CCNC(=NC)N(C)Cc1ccc2c(c1)OCCO2.I. The van der Waals surface area contributed by atoms with Crippen molar-refractivity contribution in [2.45, 2.75) is 26.8 Å². The summed E-state index contributed by atoms with van der Waals surface area (Å²) in [6, 6.07) is 6.12. The fourth-order valence-electron chi connectivity index (χ4n) is 2.99. The van der Waals surface area contributed by atoms with E-state index in [1.165, 1.54) is 12.0 Å². The summed E-state index contributed by atoms with van der Waals surface area (Å²) in [4.78, 5) is 8.97. The standard InChI is InChI=1S/C19H32N4O2.HI/c1-5-10-23(6-2)11-9-21-19(20-3)22(4)15-16-7-8-17-18(14-16)25-13-12-24-17;/h7-8,14H,5-6,9-13,15H2,1-4H3,(H,20,21);1H. The molecule has 0 aromatic heterocycles. The van der Waals surface area contributed by atoms with Crippen LogP contribution in [0.4, 0.5) is 0 Å². The number of likely N-dealkylation sites (N-methyl/N-ethyl adjacent to an activating group) is 1. The molecular weight excluding hydrogens is 443 g/mol. The predicted molar refractivity (Wildman–Crippen MR) is 118 cm³/mol. The van der Waals surface area contributed by atoms with E-state index in [-0.39, 0.29) is 24.0 Å². The van der Waals surface area contributed by atoms with Crippen molar-refractivity contribution in [3.63, 3.8) is 0 Å². The van der Waals surface area contributed by atoms with E-state index in [0.29, 0.717) is 13.2 Å². The van der Waals surface area contributed by atoms with Gasteiger partial charge in [0.05, 0.1) is 0 Å². The second-order valence-corrected chi connectivity index (χ2v) is 6.24. The Morgan fingerprint density at radius 2 is 1.88 bits per heavy atom. The zero-order valence-corrected chi connectivity index (χ0v) is 18.8. The summed E-state index contributed by atoms with van der Waals surface area (Å²) in [5, 5.41) is 3.45. The lowest BCUT2D eigenvalue weighted by molar-refractivity contribution is 0.171. The van der Waals surface area contributed by atoms with Gasteiger partial charge in [-0.1, -0.05) is 19.9 Å². The highest BCUT2D eigenvalue weighted by atomic mass is 127. The number of benzene rings is 1. The molecule has 148 valence electrons. The normalized spacial score (nSPS) is 13.3. The number of nitrogens with zero attached hydrogens (tertiary/aromatic N) is 3. The number of hydrogen-bond donors (Lipinski definition) is 1. The van der Waals surface area contributed by atoms with E-state index in [2.05, 4.69) is 53.1 Å². The lowest BCUT2D eigenvalue weighted by Gasteiger charge is -2.25. The molecule has 0 saturated heterocycles. The Morgan fingerprint density at radius 3 is 2.54 bits per heavy atom. The minimum atomic E-state index is 0. The number of aliphatic imine (C=N–C) groups is 1. The summed E-state index contributed by atoms with van der Waals surface area (Å²) in [6.07, 6.45) is 1.19. The minimum absolute atomic E-state index is 0. The smallest absolute Gasteiger partial charge is 0.193 e. The first-order valence-corrected chi connectivity index (χ1v) is 9.20. The molecule has 0 spiro atoms. The Morgan fingerprint density at radius 1 is 1.15 bits per heavy atom. The number of rotatable bonds is 8. The van der Waals surface area contributed by atoms with Crippen LogP contribution in [0.5, 0.6) is 11.5 Å². The van der Waals surface area contributed by atoms with Crippen molar-refractivity contribution < 1.29 is 9.47 Å². The molecule has 0 saturated carbocycles. The van der Waals surface area contributed by atoms with E-state index < -0.39 is 0 Å².